The molecule has 0 saturated heterocycles. The maximum atomic E-state index is 11.3. The molecular weight excluding hydrogens is 496 g/mol. The molecule has 7 heteroatoms. The van der Waals surface area contributed by atoms with Crippen LogP contribution in [-0.2, 0) is 0 Å². The quantitative estimate of drug-likeness (QED) is 0.0882. The van der Waals surface area contributed by atoms with Gasteiger partial charge in [-0.3, -0.25) is 4.79 Å². The topological polar surface area (TPSA) is 72.9 Å². The molecule has 7 nitrogen and oxygen atoms in total. The zero-order valence-electron chi connectivity index (χ0n) is 27.0. The first kappa shape index (κ1) is 37.1. The highest BCUT2D eigenvalue weighted by molar-refractivity contribution is 5.94. The van der Waals surface area contributed by atoms with Crippen LogP contribution >= 0.6 is 0 Å². The Morgan fingerprint density at radius 3 is 2.05 bits per heavy atom. The lowest BCUT2D eigenvalue weighted by Crippen LogP contribution is -2.26. The molecule has 0 amide bonds. The van der Waals surface area contributed by atoms with Crippen molar-refractivity contribution in [2.45, 2.75) is 93.4 Å². The minimum Gasteiger partial charge on any atom is -0.371 e. The second-order valence-electron chi connectivity index (χ2n) is 9.67. The Morgan fingerprint density at radius 1 is 0.850 bits per heavy atom. The van der Waals surface area contributed by atoms with Gasteiger partial charge in [-0.1, -0.05) is 60.8 Å². The van der Waals surface area contributed by atoms with E-state index >= 15 is 0 Å². The molecule has 0 spiro atoms. The third kappa shape index (κ3) is 15.6. The van der Waals surface area contributed by atoms with Gasteiger partial charge in [0.05, 0.1) is 6.34 Å². The highest BCUT2D eigenvalue weighted by Crippen LogP contribution is 2.26. The molecule has 0 atom stereocenters. The monoisotopic (exact) mass is 554 g/mol. The number of carbonyl (C=O) groups excluding carboxylic acids is 1. The predicted molar refractivity (Wildman–Crippen MR) is 178 cm³/mol. The number of ketones is 1. The summed E-state index contributed by atoms with van der Waals surface area (Å²) in [6.07, 6.45) is 10.4. The van der Waals surface area contributed by atoms with Crippen LogP contribution in [0.1, 0.15) is 104 Å². The number of hydrogen-bond donors (Lipinski definition) is 2. The third-order valence-corrected chi connectivity index (χ3v) is 6.17. The molecule has 0 radical (unpaired) electrons. The third-order valence-electron chi connectivity index (χ3n) is 6.17. The van der Waals surface area contributed by atoms with Gasteiger partial charge in [-0.25, -0.2) is 9.98 Å². The van der Waals surface area contributed by atoms with Crippen LogP contribution in [0.15, 0.2) is 41.4 Å². The molecule has 0 unspecified atom stereocenters. The summed E-state index contributed by atoms with van der Waals surface area (Å²) in [6, 6.07) is 11.3. The number of aliphatic imine (C=N–C) groups is 1. The molecule has 0 saturated carbocycles. The van der Waals surface area contributed by atoms with Crippen molar-refractivity contribution in [3.05, 3.63) is 42.0 Å². The van der Waals surface area contributed by atoms with E-state index in [4.69, 9.17) is 4.98 Å². The van der Waals surface area contributed by atoms with Gasteiger partial charge in [0, 0.05) is 31.4 Å². The van der Waals surface area contributed by atoms with E-state index in [2.05, 4.69) is 60.2 Å². The molecule has 0 bridgehead atoms. The molecule has 0 aliphatic carbocycles. The molecule has 2 aromatic rings. The van der Waals surface area contributed by atoms with Crippen molar-refractivity contribution in [1.82, 2.24) is 9.88 Å². The summed E-state index contributed by atoms with van der Waals surface area (Å²) in [6.45, 7) is 19.0. The number of benzene rings is 1. The first-order chi connectivity index (χ1) is 19.4. The normalized spacial score (nSPS) is 10.4. The lowest BCUT2D eigenvalue weighted by atomic mass is 10.1. The largest absolute Gasteiger partial charge is 0.371 e. The van der Waals surface area contributed by atoms with E-state index < -0.39 is 0 Å². The van der Waals surface area contributed by atoms with Crippen LogP contribution in [0.3, 0.4) is 0 Å². The highest BCUT2D eigenvalue weighted by Gasteiger charge is 2.10. The Labute approximate surface area is 245 Å². The van der Waals surface area contributed by atoms with E-state index in [1.54, 1.807) is 25.4 Å². The molecule has 0 aliphatic rings. The van der Waals surface area contributed by atoms with Gasteiger partial charge in [0.2, 0.25) is 0 Å². The van der Waals surface area contributed by atoms with Gasteiger partial charge < -0.3 is 20.4 Å². The summed E-state index contributed by atoms with van der Waals surface area (Å²) in [5.41, 5.74) is 2.34. The number of rotatable bonds is 17. The van der Waals surface area contributed by atoms with E-state index in [0.717, 1.165) is 48.9 Å². The number of unbranched alkanes of at least 4 members (excludes halogenated alkanes) is 3. The summed E-state index contributed by atoms with van der Waals surface area (Å²) in [4.78, 5) is 25.3. The lowest BCUT2D eigenvalue weighted by Gasteiger charge is -2.23. The van der Waals surface area contributed by atoms with Crippen molar-refractivity contribution in [2.24, 2.45) is 4.99 Å². The first-order valence-electron chi connectivity index (χ1n) is 15.4. The van der Waals surface area contributed by atoms with E-state index in [1.807, 2.05) is 45.2 Å². The van der Waals surface area contributed by atoms with Gasteiger partial charge in [-0.2, -0.15) is 0 Å². The maximum absolute atomic E-state index is 11.3. The molecule has 2 rings (SSSR count). The van der Waals surface area contributed by atoms with E-state index in [0.29, 0.717) is 5.56 Å². The van der Waals surface area contributed by atoms with Crippen LogP contribution in [0.2, 0.25) is 0 Å². The Morgan fingerprint density at radius 2 is 1.50 bits per heavy atom. The fraction of sp³-hybridized carbons (Fsp3) is 0.606. The second kappa shape index (κ2) is 23.9. The lowest BCUT2D eigenvalue weighted by molar-refractivity contribution is 0.101. The summed E-state index contributed by atoms with van der Waals surface area (Å²) < 4.78 is 0. The van der Waals surface area contributed by atoms with Gasteiger partial charge in [-0.05, 0) is 89.1 Å². The van der Waals surface area contributed by atoms with Gasteiger partial charge in [0.15, 0.2) is 11.6 Å². The summed E-state index contributed by atoms with van der Waals surface area (Å²) >= 11 is 0. The summed E-state index contributed by atoms with van der Waals surface area (Å²) in [5, 5.41) is 6.27. The van der Waals surface area contributed by atoms with Crippen molar-refractivity contribution in [3.63, 3.8) is 0 Å². The number of nitrogens with zero attached hydrogens (tertiary/aromatic N) is 4. The maximum Gasteiger partial charge on any atom is 0.159 e. The summed E-state index contributed by atoms with van der Waals surface area (Å²) in [5.74, 6) is 1.78. The zero-order valence-corrected chi connectivity index (χ0v) is 27.0. The molecule has 40 heavy (non-hydrogen) atoms. The van der Waals surface area contributed by atoms with Crippen LogP contribution in [0.25, 0.3) is 0 Å². The fourth-order valence-electron chi connectivity index (χ4n) is 3.97. The Balaban J connectivity index is 0.00000107. The molecule has 0 fully saturated rings. The van der Waals surface area contributed by atoms with Crippen LogP contribution in [0, 0.1) is 0 Å². The first-order valence-corrected chi connectivity index (χ1v) is 15.4. The van der Waals surface area contributed by atoms with Crippen LogP contribution in [-0.4, -0.2) is 62.3 Å². The van der Waals surface area contributed by atoms with E-state index in [1.165, 1.54) is 45.2 Å². The number of pyridine rings is 1. The van der Waals surface area contributed by atoms with E-state index in [9.17, 15) is 4.79 Å². The van der Waals surface area contributed by atoms with Gasteiger partial charge >= 0.3 is 0 Å². The minimum absolute atomic E-state index is 0.0566. The van der Waals surface area contributed by atoms with Crippen LogP contribution < -0.4 is 15.5 Å². The highest BCUT2D eigenvalue weighted by atomic mass is 16.1. The molecule has 2 N–H and O–H groups in total. The van der Waals surface area contributed by atoms with Crippen LogP contribution in [0.5, 0.6) is 0 Å². The van der Waals surface area contributed by atoms with Gasteiger partial charge in [-0.15, -0.1) is 0 Å². The fourth-order valence-corrected chi connectivity index (χ4v) is 3.97. The standard InChI is InChI=1S/C22H31N5O.C9H21N.C2H6/c1-5-7-15-27(14-6-2)21-13-12-20(22(23-4)26-21)25-16-24-19-10-8-18(9-11-19)17(3)28;1-4-6-7-9-10(3)8-5-2;1-2/h8-13,16H,5-7,14-15H2,1-4H3,(H,23,26)(H,24,25);4-9H2,1-3H3;1-2H3. The number of carbonyl (C=O) groups is 1. The number of anilines is 3. The number of nitrogens with one attached hydrogen (secondary N) is 2. The Bertz CT molecular complexity index is 929. The molecule has 1 aromatic carbocycles. The van der Waals surface area contributed by atoms with Gasteiger partial charge in [0.25, 0.3) is 0 Å². The predicted octanol–water partition coefficient (Wildman–Crippen LogP) is 8.66. The van der Waals surface area contributed by atoms with Crippen LogP contribution in [0.4, 0.5) is 23.0 Å². The zero-order chi connectivity index (χ0) is 30.2. The Kier molecular flexibility index (Phi) is 22.2. The van der Waals surface area contributed by atoms with Crippen molar-refractivity contribution in [2.75, 3.05) is 55.8 Å². The smallest absolute Gasteiger partial charge is 0.159 e. The molecule has 1 aromatic heterocycles. The molecule has 226 valence electrons. The van der Waals surface area contributed by atoms with Crippen molar-refractivity contribution >= 4 is 35.1 Å². The van der Waals surface area contributed by atoms with Crippen molar-refractivity contribution < 1.29 is 4.79 Å². The number of aromatic nitrogens is 1. The second-order valence-corrected chi connectivity index (χ2v) is 9.67. The minimum atomic E-state index is 0.0566. The number of hydrogen-bond acceptors (Lipinski definition) is 6. The molecular formula is C33H58N6O. The van der Waals surface area contributed by atoms with E-state index in [-0.39, 0.29) is 5.78 Å². The molecule has 0 aliphatic heterocycles. The van der Waals surface area contributed by atoms with Crippen molar-refractivity contribution in [3.8, 4) is 0 Å². The average molecular weight is 555 g/mol. The summed E-state index contributed by atoms with van der Waals surface area (Å²) in [7, 11) is 4.06. The molecule has 1 heterocycles. The van der Waals surface area contributed by atoms with Crippen molar-refractivity contribution in [1.29, 1.82) is 0 Å². The number of Topliss-reactive ketones (excluding diaryl/α,β-unsaturated/α-hetero) is 1. The Hall–Kier alpha value is -2.93. The average Bonchev–Trinajstić information content (AvgIpc) is 2.97. The SMILES string of the molecule is CC.CCCCCN(C)CCC.CCCCN(CCC)c1ccc(N=CNc2ccc(C(C)=O)cc2)c(NC)n1. The van der Waals surface area contributed by atoms with Gasteiger partial charge in [0.1, 0.15) is 11.5 Å².